The van der Waals surface area contributed by atoms with E-state index >= 15 is 0 Å². The molecule has 3 rings (SSSR count). The van der Waals surface area contributed by atoms with Gasteiger partial charge in [0.2, 0.25) is 5.95 Å². The number of carbonyl (C=O) groups is 1. The first-order chi connectivity index (χ1) is 12.9. The topological polar surface area (TPSA) is 66.9 Å². The fourth-order valence-corrected chi connectivity index (χ4v) is 2.08. The van der Waals surface area contributed by atoms with Crippen LogP contribution in [0.5, 0.6) is 0 Å². The molecule has 2 N–H and O–H groups in total. The summed E-state index contributed by atoms with van der Waals surface area (Å²) in [5, 5.41) is 4.31. The molecular formula is C17H9F5N4O. The molecule has 0 unspecified atom stereocenters. The van der Waals surface area contributed by atoms with Gasteiger partial charge >= 0.3 is 0 Å². The minimum atomic E-state index is -1.74. The van der Waals surface area contributed by atoms with E-state index in [1.54, 1.807) is 0 Å². The van der Waals surface area contributed by atoms with Crippen LogP contribution in [-0.2, 0) is 0 Å². The predicted octanol–water partition coefficient (Wildman–Crippen LogP) is 4.17. The van der Waals surface area contributed by atoms with Crippen molar-refractivity contribution in [3.8, 4) is 0 Å². The second kappa shape index (κ2) is 7.36. The Morgan fingerprint density at radius 2 is 1.56 bits per heavy atom. The zero-order valence-electron chi connectivity index (χ0n) is 13.2. The van der Waals surface area contributed by atoms with Crippen LogP contribution >= 0.6 is 0 Å². The number of carbonyl (C=O) groups excluding carboxylic acids is 1. The van der Waals surface area contributed by atoms with Gasteiger partial charge in [0.15, 0.2) is 17.5 Å². The Bertz CT molecular complexity index is 1010. The molecule has 0 fully saturated rings. The van der Waals surface area contributed by atoms with Gasteiger partial charge in [0, 0.05) is 6.20 Å². The van der Waals surface area contributed by atoms with Gasteiger partial charge in [-0.1, -0.05) is 6.07 Å². The lowest BCUT2D eigenvalue weighted by molar-refractivity contribution is 0.102. The first kappa shape index (κ1) is 18.2. The van der Waals surface area contributed by atoms with Gasteiger partial charge in [-0.3, -0.25) is 4.79 Å². The molecule has 0 spiro atoms. The van der Waals surface area contributed by atoms with Crippen LogP contribution in [0.15, 0.2) is 42.6 Å². The summed E-state index contributed by atoms with van der Waals surface area (Å²) in [7, 11) is 0. The molecule has 5 nitrogen and oxygen atoms in total. The summed E-state index contributed by atoms with van der Waals surface area (Å²) in [6.45, 7) is 0. The molecule has 138 valence electrons. The number of hydrogen-bond acceptors (Lipinski definition) is 4. The summed E-state index contributed by atoms with van der Waals surface area (Å²) in [5.74, 6) is -7.82. The van der Waals surface area contributed by atoms with Crippen LogP contribution < -0.4 is 10.6 Å². The van der Waals surface area contributed by atoms with Crippen LogP contribution in [0, 0.1) is 29.1 Å². The fraction of sp³-hybridized carbons (Fsp3) is 0. The molecule has 0 saturated heterocycles. The van der Waals surface area contributed by atoms with Crippen LogP contribution in [0.4, 0.5) is 39.3 Å². The van der Waals surface area contributed by atoms with Crippen molar-refractivity contribution >= 4 is 23.2 Å². The fourth-order valence-electron chi connectivity index (χ4n) is 2.08. The van der Waals surface area contributed by atoms with E-state index in [9.17, 15) is 26.7 Å². The molecule has 0 atom stereocenters. The van der Waals surface area contributed by atoms with Crippen molar-refractivity contribution in [3.63, 3.8) is 0 Å². The van der Waals surface area contributed by atoms with E-state index in [0.717, 1.165) is 36.5 Å². The number of amides is 1. The summed E-state index contributed by atoms with van der Waals surface area (Å²) in [5.41, 5.74) is -1.44. The second-order valence-corrected chi connectivity index (χ2v) is 5.16. The average Bonchev–Trinajstić information content (AvgIpc) is 2.65. The molecule has 27 heavy (non-hydrogen) atoms. The third kappa shape index (κ3) is 3.84. The highest BCUT2D eigenvalue weighted by Crippen LogP contribution is 2.22. The first-order valence-electron chi connectivity index (χ1n) is 7.35. The number of rotatable bonds is 4. The number of para-hydroxylation sites is 1. The minimum absolute atomic E-state index is 0.308. The molecule has 2 aromatic carbocycles. The normalized spacial score (nSPS) is 10.6. The van der Waals surface area contributed by atoms with Gasteiger partial charge in [-0.2, -0.15) is 0 Å². The van der Waals surface area contributed by atoms with Crippen molar-refractivity contribution in [1.82, 2.24) is 9.97 Å². The van der Waals surface area contributed by atoms with E-state index in [1.165, 1.54) is 0 Å². The van der Waals surface area contributed by atoms with Crippen molar-refractivity contribution in [2.75, 3.05) is 10.6 Å². The van der Waals surface area contributed by atoms with Crippen LogP contribution in [-0.4, -0.2) is 15.9 Å². The minimum Gasteiger partial charge on any atom is -0.319 e. The van der Waals surface area contributed by atoms with Crippen molar-refractivity contribution in [2.45, 2.75) is 0 Å². The molecule has 1 aromatic heterocycles. The predicted molar refractivity (Wildman–Crippen MR) is 85.9 cm³/mol. The van der Waals surface area contributed by atoms with Crippen LogP contribution in [0.3, 0.4) is 0 Å². The summed E-state index contributed by atoms with van der Waals surface area (Å²) in [6.07, 6.45) is 1.12. The Kier molecular flexibility index (Phi) is 4.97. The number of nitrogens with zero attached hydrogens (tertiary/aromatic N) is 2. The number of hydrogen-bond donors (Lipinski definition) is 2. The highest BCUT2D eigenvalue weighted by Gasteiger charge is 2.17. The quantitative estimate of drug-likeness (QED) is 0.527. The summed E-state index contributed by atoms with van der Waals surface area (Å²) in [6, 6.07) is 5.79. The summed E-state index contributed by atoms with van der Waals surface area (Å²) < 4.78 is 67.1. The number of benzene rings is 2. The maximum Gasteiger partial charge on any atom is 0.274 e. The molecular weight excluding hydrogens is 371 g/mol. The SMILES string of the molecule is O=C(Nc1ccc(F)c(F)c1F)c1ccnc(Nc2c(F)cccc2F)n1. The molecule has 10 heteroatoms. The molecule has 0 aliphatic carbocycles. The molecule has 1 amide bonds. The molecule has 0 aliphatic rings. The number of nitrogens with one attached hydrogen (secondary N) is 2. The Balaban J connectivity index is 1.83. The highest BCUT2D eigenvalue weighted by molar-refractivity contribution is 6.03. The van der Waals surface area contributed by atoms with Crippen molar-refractivity contribution in [3.05, 3.63) is 77.4 Å². The zero-order valence-corrected chi connectivity index (χ0v) is 13.2. The van der Waals surface area contributed by atoms with Gasteiger partial charge in [-0.25, -0.2) is 31.9 Å². The van der Waals surface area contributed by atoms with Crippen LogP contribution in [0.25, 0.3) is 0 Å². The molecule has 1 heterocycles. The van der Waals surface area contributed by atoms with Gasteiger partial charge < -0.3 is 10.6 Å². The van der Waals surface area contributed by atoms with Gasteiger partial charge in [0.05, 0.1) is 5.69 Å². The lowest BCUT2D eigenvalue weighted by Crippen LogP contribution is -2.16. The molecule has 3 aromatic rings. The van der Waals surface area contributed by atoms with Gasteiger partial charge in [-0.15, -0.1) is 0 Å². The Morgan fingerprint density at radius 3 is 2.26 bits per heavy atom. The Hall–Kier alpha value is -3.56. The Morgan fingerprint density at radius 1 is 0.852 bits per heavy atom. The van der Waals surface area contributed by atoms with Crippen molar-refractivity contribution < 1.29 is 26.7 Å². The van der Waals surface area contributed by atoms with E-state index in [2.05, 4.69) is 15.3 Å². The first-order valence-corrected chi connectivity index (χ1v) is 7.35. The number of anilines is 3. The van der Waals surface area contributed by atoms with Gasteiger partial charge in [-0.05, 0) is 30.3 Å². The largest absolute Gasteiger partial charge is 0.319 e. The highest BCUT2D eigenvalue weighted by atomic mass is 19.2. The maximum absolute atomic E-state index is 13.7. The summed E-state index contributed by atoms with van der Waals surface area (Å²) in [4.78, 5) is 19.6. The lowest BCUT2D eigenvalue weighted by Gasteiger charge is -2.09. The standard InChI is InChI=1S/C17H9F5N4O/c18-8-4-5-11(14(22)13(8)21)24-16(27)12-6-7-23-17(25-12)26-15-9(19)2-1-3-10(15)20/h1-7H,(H,24,27)(H,23,25,26). The maximum atomic E-state index is 13.7. The van der Waals surface area contributed by atoms with E-state index < -0.39 is 46.4 Å². The van der Waals surface area contributed by atoms with Gasteiger partial charge in [0.1, 0.15) is 23.0 Å². The lowest BCUT2D eigenvalue weighted by atomic mass is 10.2. The average molecular weight is 380 g/mol. The molecule has 0 radical (unpaired) electrons. The smallest absolute Gasteiger partial charge is 0.274 e. The van der Waals surface area contributed by atoms with Crippen molar-refractivity contribution in [2.24, 2.45) is 0 Å². The van der Waals surface area contributed by atoms with Crippen molar-refractivity contribution in [1.29, 1.82) is 0 Å². The Labute approximate surface area is 148 Å². The van der Waals surface area contributed by atoms with E-state index in [1.807, 2.05) is 5.32 Å². The number of halogens is 5. The molecule has 0 saturated carbocycles. The summed E-state index contributed by atoms with van der Waals surface area (Å²) >= 11 is 0. The third-order valence-electron chi connectivity index (χ3n) is 3.37. The molecule has 0 aliphatic heterocycles. The van der Waals surface area contributed by atoms with Crippen LogP contribution in [0.1, 0.15) is 10.5 Å². The third-order valence-corrected chi connectivity index (χ3v) is 3.37. The zero-order chi connectivity index (χ0) is 19.6. The van der Waals surface area contributed by atoms with E-state index in [0.29, 0.717) is 6.07 Å². The number of aromatic nitrogens is 2. The monoisotopic (exact) mass is 380 g/mol. The second-order valence-electron chi connectivity index (χ2n) is 5.16. The van der Waals surface area contributed by atoms with Gasteiger partial charge in [0.25, 0.3) is 5.91 Å². The van der Waals surface area contributed by atoms with E-state index in [4.69, 9.17) is 0 Å². The molecule has 0 bridgehead atoms. The van der Waals surface area contributed by atoms with E-state index in [-0.39, 0.29) is 11.6 Å². The van der Waals surface area contributed by atoms with Crippen LogP contribution in [0.2, 0.25) is 0 Å².